The van der Waals surface area contributed by atoms with Gasteiger partial charge in [0.05, 0.1) is 7.11 Å². The van der Waals surface area contributed by atoms with Crippen LogP contribution in [-0.4, -0.2) is 14.2 Å². The average Bonchev–Trinajstić information content (AvgIpc) is 2.93. The van der Waals surface area contributed by atoms with Crippen LogP contribution in [-0.2, 0) is 12.8 Å². The number of aryl methyl sites for hydroxylation is 1. The molecule has 1 unspecified atom stereocenters. The summed E-state index contributed by atoms with van der Waals surface area (Å²) in [5.74, 6) is 0.925. The van der Waals surface area contributed by atoms with E-state index < -0.39 is 0 Å². The maximum absolute atomic E-state index is 5.29. The Balaban J connectivity index is 2.19. The van der Waals surface area contributed by atoms with Gasteiger partial charge >= 0.3 is 0 Å². The number of ether oxygens (including phenoxy) is 1. The fourth-order valence-electron chi connectivity index (χ4n) is 2.31. The molecule has 0 aliphatic carbocycles. The number of methoxy groups -OCH3 is 1. The van der Waals surface area contributed by atoms with Crippen LogP contribution in [0.4, 0.5) is 0 Å². The Kier molecular flexibility index (Phi) is 5.00. The lowest BCUT2D eigenvalue weighted by molar-refractivity contribution is 0.414. The highest BCUT2D eigenvalue weighted by Crippen LogP contribution is 2.28. The van der Waals surface area contributed by atoms with Gasteiger partial charge in [-0.15, -0.1) is 11.3 Å². The highest BCUT2D eigenvalue weighted by Gasteiger charge is 2.15. The van der Waals surface area contributed by atoms with Gasteiger partial charge in [-0.1, -0.05) is 19.1 Å². The smallest absolute Gasteiger partial charge is 0.119 e. The van der Waals surface area contributed by atoms with Crippen molar-refractivity contribution in [2.75, 3.05) is 14.2 Å². The van der Waals surface area contributed by atoms with E-state index in [9.17, 15) is 0 Å². The van der Waals surface area contributed by atoms with Gasteiger partial charge in [0, 0.05) is 10.9 Å². The van der Waals surface area contributed by atoms with Gasteiger partial charge in [-0.2, -0.15) is 0 Å². The van der Waals surface area contributed by atoms with Gasteiger partial charge < -0.3 is 10.1 Å². The number of thiophene rings is 1. The molecule has 0 spiro atoms. The molecule has 3 heteroatoms. The summed E-state index contributed by atoms with van der Waals surface area (Å²) in [7, 11) is 3.74. The third kappa shape index (κ3) is 3.37. The zero-order chi connectivity index (χ0) is 13.7. The molecule has 1 heterocycles. The summed E-state index contributed by atoms with van der Waals surface area (Å²) in [4.78, 5) is 1.45. The predicted octanol–water partition coefficient (Wildman–Crippen LogP) is 3.82. The second-order valence-electron chi connectivity index (χ2n) is 4.56. The van der Waals surface area contributed by atoms with Gasteiger partial charge in [0.25, 0.3) is 0 Å². The molecule has 1 aromatic heterocycles. The molecule has 19 heavy (non-hydrogen) atoms. The number of nitrogens with one attached hydrogen (secondary N) is 1. The van der Waals surface area contributed by atoms with Crippen molar-refractivity contribution in [3.63, 3.8) is 0 Å². The zero-order valence-electron chi connectivity index (χ0n) is 11.8. The topological polar surface area (TPSA) is 21.3 Å². The van der Waals surface area contributed by atoms with Crippen LogP contribution < -0.4 is 10.1 Å². The minimum Gasteiger partial charge on any atom is -0.497 e. The predicted molar refractivity (Wildman–Crippen MR) is 82.2 cm³/mol. The van der Waals surface area contributed by atoms with Crippen LogP contribution in [0.2, 0.25) is 0 Å². The molecule has 0 saturated carbocycles. The van der Waals surface area contributed by atoms with Crippen LogP contribution in [0.5, 0.6) is 5.75 Å². The lowest BCUT2D eigenvalue weighted by Gasteiger charge is -2.17. The average molecular weight is 275 g/mol. The first-order valence-corrected chi connectivity index (χ1v) is 7.53. The molecular formula is C16H21NOS. The Morgan fingerprint density at radius 3 is 2.84 bits per heavy atom. The first-order chi connectivity index (χ1) is 9.28. The van der Waals surface area contributed by atoms with Crippen molar-refractivity contribution in [2.24, 2.45) is 0 Å². The molecule has 1 aromatic carbocycles. The van der Waals surface area contributed by atoms with Crippen molar-refractivity contribution in [3.8, 4) is 5.75 Å². The molecule has 2 nitrogen and oxygen atoms in total. The van der Waals surface area contributed by atoms with E-state index >= 15 is 0 Å². The summed E-state index contributed by atoms with van der Waals surface area (Å²) in [6.45, 7) is 2.21. The highest BCUT2D eigenvalue weighted by molar-refractivity contribution is 7.10. The Bertz CT molecular complexity index is 521. The van der Waals surface area contributed by atoms with E-state index in [1.807, 2.05) is 24.5 Å². The largest absolute Gasteiger partial charge is 0.497 e. The minimum absolute atomic E-state index is 0.377. The van der Waals surface area contributed by atoms with E-state index in [0.717, 1.165) is 18.6 Å². The van der Waals surface area contributed by atoms with E-state index in [1.54, 1.807) is 7.11 Å². The van der Waals surface area contributed by atoms with Crippen LogP contribution in [0.15, 0.2) is 35.7 Å². The number of hydrogen-bond acceptors (Lipinski definition) is 3. The molecule has 0 aliphatic heterocycles. The van der Waals surface area contributed by atoms with E-state index in [2.05, 4.69) is 41.9 Å². The second-order valence-corrected chi connectivity index (χ2v) is 5.51. The third-order valence-corrected chi connectivity index (χ3v) is 4.47. The summed E-state index contributed by atoms with van der Waals surface area (Å²) in [5.41, 5.74) is 2.75. The van der Waals surface area contributed by atoms with Crippen LogP contribution in [0.1, 0.15) is 29.0 Å². The maximum Gasteiger partial charge on any atom is 0.119 e. The van der Waals surface area contributed by atoms with Gasteiger partial charge in [0.15, 0.2) is 0 Å². The number of benzene rings is 1. The number of hydrogen-bond donors (Lipinski definition) is 1. The van der Waals surface area contributed by atoms with Crippen LogP contribution in [0.25, 0.3) is 0 Å². The molecule has 2 rings (SSSR count). The molecule has 2 aromatic rings. The Hall–Kier alpha value is -1.32. The second kappa shape index (κ2) is 6.73. The van der Waals surface area contributed by atoms with Crippen LogP contribution in [0, 0.1) is 0 Å². The van der Waals surface area contributed by atoms with E-state index in [-0.39, 0.29) is 0 Å². The van der Waals surface area contributed by atoms with Crippen LogP contribution >= 0.6 is 11.3 Å². The number of likely N-dealkylation sites (N-methyl/N-ethyl adjacent to an activating group) is 1. The standard InChI is InChI=1S/C16H21NOS/c1-4-13-8-9-19-16(13)15(17-2)11-12-6-5-7-14(10-12)18-3/h5-10,15,17H,4,11H2,1-3H3. The summed E-state index contributed by atoms with van der Waals surface area (Å²) >= 11 is 1.84. The Morgan fingerprint density at radius 2 is 2.16 bits per heavy atom. The van der Waals surface area contributed by atoms with E-state index in [4.69, 9.17) is 4.74 Å². The molecule has 1 atom stereocenters. The van der Waals surface area contributed by atoms with Crippen molar-refractivity contribution in [1.29, 1.82) is 0 Å². The SMILES string of the molecule is CCc1ccsc1C(Cc1cccc(OC)c1)NC. The van der Waals surface area contributed by atoms with Gasteiger partial charge in [0.2, 0.25) is 0 Å². The van der Waals surface area contributed by atoms with Crippen molar-refractivity contribution < 1.29 is 4.74 Å². The summed E-state index contributed by atoms with van der Waals surface area (Å²) in [6.07, 6.45) is 2.08. The molecule has 1 N–H and O–H groups in total. The minimum atomic E-state index is 0.377. The van der Waals surface area contributed by atoms with E-state index in [1.165, 1.54) is 16.0 Å². The summed E-state index contributed by atoms with van der Waals surface area (Å²) in [5, 5.41) is 5.62. The van der Waals surface area contributed by atoms with Gasteiger partial charge in [-0.3, -0.25) is 0 Å². The van der Waals surface area contributed by atoms with Crippen molar-refractivity contribution in [2.45, 2.75) is 25.8 Å². The van der Waals surface area contributed by atoms with Crippen molar-refractivity contribution in [3.05, 3.63) is 51.7 Å². The monoisotopic (exact) mass is 275 g/mol. The quantitative estimate of drug-likeness (QED) is 0.865. The summed E-state index contributed by atoms with van der Waals surface area (Å²) < 4.78 is 5.29. The molecule has 0 saturated heterocycles. The lowest BCUT2D eigenvalue weighted by atomic mass is 10.0. The van der Waals surface area contributed by atoms with E-state index in [0.29, 0.717) is 6.04 Å². The maximum atomic E-state index is 5.29. The van der Waals surface area contributed by atoms with Gasteiger partial charge in [-0.25, -0.2) is 0 Å². The molecule has 0 bridgehead atoms. The first kappa shape index (κ1) is 14.1. The molecule has 0 fully saturated rings. The Labute approximate surface area is 119 Å². The third-order valence-electron chi connectivity index (χ3n) is 3.40. The van der Waals surface area contributed by atoms with Gasteiger partial charge in [-0.05, 0) is 54.6 Å². The fourth-order valence-corrected chi connectivity index (χ4v) is 3.41. The highest BCUT2D eigenvalue weighted by atomic mass is 32.1. The van der Waals surface area contributed by atoms with Crippen molar-refractivity contribution >= 4 is 11.3 Å². The Morgan fingerprint density at radius 1 is 1.32 bits per heavy atom. The molecule has 102 valence electrons. The fraction of sp³-hybridized carbons (Fsp3) is 0.375. The number of rotatable bonds is 6. The normalized spacial score (nSPS) is 12.4. The molecule has 0 aliphatic rings. The molecular weight excluding hydrogens is 254 g/mol. The zero-order valence-corrected chi connectivity index (χ0v) is 12.6. The molecule has 0 radical (unpaired) electrons. The first-order valence-electron chi connectivity index (χ1n) is 6.65. The molecule has 0 amide bonds. The summed E-state index contributed by atoms with van der Waals surface area (Å²) in [6, 6.07) is 10.9. The van der Waals surface area contributed by atoms with Gasteiger partial charge in [0.1, 0.15) is 5.75 Å². The lowest BCUT2D eigenvalue weighted by Crippen LogP contribution is -2.18. The van der Waals surface area contributed by atoms with Crippen molar-refractivity contribution in [1.82, 2.24) is 5.32 Å². The van der Waals surface area contributed by atoms with Crippen LogP contribution in [0.3, 0.4) is 0 Å².